The molecule has 1 N–H and O–H groups in total. The van der Waals surface area contributed by atoms with Crippen LogP contribution in [0.1, 0.15) is 36.2 Å². The fourth-order valence-corrected chi connectivity index (χ4v) is 2.54. The highest BCUT2D eigenvalue weighted by Crippen LogP contribution is 2.34. The van der Waals surface area contributed by atoms with E-state index in [9.17, 15) is 5.26 Å². The second-order valence-corrected chi connectivity index (χ2v) is 5.86. The van der Waals surface area contributed by atoms with E-state index >= 15 is 0 Å². The van der Waals surface area contributed by atoms with E-state index in [0.717, 1.165) is 10.3 Å². The molecule has 0 saturated carbocycles. The van der Waals surface area contributed by atoms with Gasteiger partial charge in [0.15, 0.2) is 0 Å². The molecular weight excluding hydrogens is 288 g/mol. The van der Waals surface area contributed by atoms with Gasteiger partial charge < -0.3 is 4.98 Å². The fourth-order valence-electron chi connectivity index (χ4n) is 2.12. The number of hydrogen-bond acceptors (Lipinski definition) is 1. The van der Waals surface area contributed by atoms with Crippen molar-refractivity contribution in [1.82, 2.24) is 4.98 Å². The van der Waals surface area contributed by atoms with Gasteiger partial charge >= 0.3 is 0 Å². The Morgan fingerprint density at radius 1 is 1.22 bits per heavy atom. The Hall–Kier alpha value is -1.53. The van der Waals surface area contributed by atoms with Crippen LogP contribution in [0.15, 0.2) is 34.9 Å². The minimum Gasteiger partial charge on any atom is -0.351 e. The van der Waals surface area contributed by atoms with Crippen LogP contribution in [0.3, 0.4) is 0 Å². The maximum Gasteiger partial charge on any atom is 0.101 e. The SMILES string of the molecule is Cc1ccc(C(C)(C)c2[nH]c(Br)cc2C#N)cc1. The second kappa shape index (κ2) is 4.62. The van der Waals surface area contributed by atoms with Crippen LogP contribution < -0.4 is 0 Å². The molecule has 1 heterocycles. The Bertz CT molecular complexity index is 600. The van der Waals surface area contributed by atoms with Crippen molar-refractivity contribution in [2.45, 2.75) is 26.2 Å². The topological polar surface area (TPSA) is 39.6 Å². The molecular formula is C15H15BrN2. The summed E-state index contributed by atoms with van der Waals surface area (Å²) in [5, 5.41) is 9.20. The summed E-state index contributed by atoms with van der Waals surface area (Å²) in [7, 11) is 0. The molecule has 1 aromatic heterocycles. The van der Waals surface area contributed by atoms with Gasteiger partial charge in [-0.2, -0.15) is 5.26 Å². The molecule has 0 amide bonds. The first-order valence-electron chi connectivity index (χ1n) is 5.81. The average Bonchev–Trinajstić information content (AvgIpc) is 2.72. The minimum atomic E-state index is -0.217. The van der Waals surface area contributed by atoms with Gasteiger partial charge in [-0.3, -0.25) is 0 Å². The van der Waals surface area contributed by atoms with Crippen molar-refractivity contribution in [2.75, 3.05) is 0 Å². The van der Waals surface area contributed by atoms with Crippen LogP contribution >= 0.6 is 15.9 Å². The Labute approximate surface area is 116 Å². The lowest BCUT2D eigenvalue weighted by Gasteiger charge is -2.25. The highest BCUT2D eigenvalue weighted by molar-refractivity contribution is 9.10. The second-order valence-electron chi connectivity index (χ2n) is 5.01. The Kier molecular flexibility index (Phi) is 3.32. The number of nitrogens with zero attached hydrogens (tertiary/aromatic N) is 1. The van der Waals surface area contributed by atoms with E-state index in [0.29, 0.717) is 5.56 Å². The van der Waals surface area contributed by atoms with Crippen LogP contribution in [0.25, 0.3) is 0 Å². The molecule has 18 heavy (non-hydrogen) atoms. The first-order valence-corrected chi connectivity index (χ1v) is 6.60. The van der Waals surface area contributed by atoms with Crippen LogP contribution in [-0.2, 0) is 5.41 Å². The molecule has 0 atom stereocenters. The lowest BCUT2D eigenvalue weighted by molar-refractivity contribution is 0.618. The monoisotopic (exact) mass is 302 g/mol. The highest BCUT2D eigenvalue weighted by atomic mass is 79.9. The number of nitrogens with one attached hydrogen (secondary N) is 1. The molecule has 0 spiro atoms. The predicted molar refractivity (Wildman–Crippen MR) is 76.5 cm³/mol. The number of H-pyrrole nitrogens is 1. The summed E-state index contributed by atoms with van der Waals surface area (Å²) in [4.78, 5) is 3.24. The van der Waals surface area contributed by atoms with Crippen molar-refractivity contribution < 1.29 is 0 Å². The number of halogens is 1. The van der Waals surface area contributed by atoms with E-state index in [2.05, 4.69) is 72.0 Å². The van der Waals surface area contributed by atoms with Crippen LogP contribution in [0.5, 0.6) is 0 Å². The summed E-state index contributed by atoms with van der Waals surface area (Å²) >= 11 is 3.39. The number of aryl methyl sites for hydroxylation is 1. The molecule has 2 nitrogen and oxygen atoms in total. The molecule has 0 aliphatic heterocycles. The zero-order valence-electron chi connectivity index (χ0n) is 10.7. The van der Waals surface area contributed by atoms with Crippen LogP contribution in [0.4, 0.5) is 0 Å². The summed E-state index contributed by atoms with van der Waals surface area (Å²) in [5.41, 5.74) is 3.85. The molecule has 0 radical (unpaired) electrons. The molecule has 0 aliphatic rings. The molecule has 0 aliphatic carbocycles. The quantitative estimate of drug-likeness (QED) is 0.883. The van der Waals surface area contributed by atoms with Crippen LogP contribution in [0.2, 0.25) is 0 Å². The smallest absolute Gasteiger partial charge is 0.101 e. The standard InChI is InChI=1S/C15H15BrN2/c1-10-4-6-12(7-5-10)15(2,3)14-11(9-17)8-13(16)18-14/h4-8,18H,1-3H3. The van der Waals surface area contributed by atoms with Crippen molar-refractivity contribution in [3.05, 3.63) is 57.3 Å². The normalized spacial score (nSPS) is 11.3. The molecule has 0 unspecified atom stereocenters. The lowest BCUT2D eigenvalue weighted by Crippen LogP contribution is -2.20. The van der Waals surface area contributed by atoms with E-state index in [1.54, 1.807) is 0 Å². The summed E-state index contributed by atoms with van der Waals surface area (Å²) in [6, 6.07) is 12.5. The van der Waals surface area contributed by atoms with Gasteiger partial charge in [-0.1, -0.05) is 43.7 Å². The summed E-state index contributed by atoms with van der Waals surface area (Å²) < 4.78 is 0.842. The molecule has 0 bridgehead atoms. The first-order chi connectivity index (χ1) is 8.45. The van der Waals surface area contributed by atoms with Gasteiger partial charge in [0.05, 0.1) is 10.2 Å². The zero-order chi connectivity index (χ0) is 13.3. The van der Waals surface area contributed by atoms with Crippen molar-refractivity contribution >= 4 is 15.9 Å². The molecule has 2 aromatic rings. The Morgan fingerprint density at radius 2 is 1.83 bits per heavy atom. The number of hydrogen-bond donors (Lipinski definition) is 1. The van der Waals surface area contributed by atoms with Crippen LogP contribution in [-0.4, -0.2) is 4.98 Å². The third kappa shape index (κ3) is 2.21. The first kappa shape index (κ1) is 12.9. The van der Waals surface area contributed by atoms with E-state index < -0.39 is 0 Å². The lowest BCUT2D eigenvalue weighted by atomic mass is 9.80. The Balaban J connectivity index is 2.54. The van der Waals surface area contributed by atoms with Gasteiger partial charge in [0.25, 0.3) is 0 Å². The number of nitriles is 1. The maximum atomic E-state index is 9.20. The van der Waals surface area contributed by atoms with E-state index in [-0.39, 0.29) is 5.41 Å². The zero-order valence-corrected chi connectivity index (χ0v) is 12.3. The predicted octanol–water partition coefficient (Wildman–Crippen LogP) is 4.28. The van der Waals surface area contributed by atoms with Crippen molar-refractivity contribution in [3.63, 3.8) is 0 Å². The van der Waals surface area contributed by atoms with Gasteiger partial charge in [-0.15, -0.1) is 0 Å². The third-order valence-electron chi connectivity index (χ3n) is 3.30. The average molecular weight is 303 g/mol. The van der Waals surface area contributed by atoms with Gasteiger partial charge in [0.2, 0.25) is 0 Å². The van der Waals surface area contributed by atoms with E-state index in [1.807, 2.05) is 6.07 Å². The van der Waals surface area contributed by atoms with Gasteiger partial charge in [-0.05, 0) is 34.5 Å². The summed E-state index contributed by atoms with van der Waals surface area (Å²) in [5.74, 6) is 0. The molecule has 0 fully saturated rings. The third-order valence-corrected chi connectivity index (χ3v) is 3.73. The molecule has 92 valence electrons. The van der Waals surface area contributed by atoms with Gasteiger partial charge in [0, 0.05) is 11.1 Å². The van der Waals surface area contributed by atoms with Gasteiger partial charge in [-0.25, -0.2) is 0 Å². The number of rotatable bonds is 2. The summed E-state index contributed by atoms with van der Waals surface area (Å²) in [6.07, 6.45) is 0. The fraction of sp³-hybridized carbons (Fsp3) is 0.267. The van der Waals surface area contributed by atoms with Crippen LogP contribution in [0, 0.1) is 18.3 Å². The maximum absolute atomic E-state index is 9.20. The number of aromatic nitrogens is 1. The number of benzene rings is 1. The molecule has 3 heteroatoms. The van der Waals surface area contributed by atoms with Gasteiger partial charge in [0.1, 0.15) is 6.07 Å². The number of aromatic amines is 1. The molecule has 2 rings (SSSR count). The van der Waals surface area contributed by atoms with Crippen molar-refractivity contribution in [1.29, 1.82) is 5.26 Å². The minimum absolute atomic E-state index is 0.217. The largest absolute Gasteiger partial charge is 0.351 e. The molecule has 1 aromatic carbocycles. The summed E-state index contributed by atoms with van der Waals surface area (Å²) in [6.45, 7) is 6.32. The van der Waals surface area contributed by atoms with E-state index in [4.69, 9.17) is 0 Å². The molecule has 0 saturated heterocycles. The van der Waals surface area contributed by atoms with Crippen molar-refractivity contribution in [2.24, 2.45) is 0 Å². The van der Waals surface area contributed by atoms with Crippen molar-refractivity contribution in [3.8, 4) is 6.07 Å². The van der Waals surface area contributed by atoms with E-state index in [1.165, 1.54) is 11.1 Å². The highest BCUT2D eigenvalue weighted by Gasteiger charge is 2.27. The Morgan fingerprint density at radius 3 is 2.39 bits per heavy atom.